The van der Waals surface area contributed by atoms with Crippen LogP contribution in [0.1, 0.15) is 53.0 Å². The zero-order valence-electron chi connectivity index (χ0n) is 16.0. The van der Waals surface area contributed by atoms with Crippen molar-refractivity contribution in [3.8, 4) is 0 Å². The fourth-order valence-corrected chi connectivity index (χ4v) is 2.94. The van der Waals surface area contributed by atoms with Crippen LogP contribution in [0.3, 0.4) is 0 Å². The number of carbonyl (C=O) groups excluding carboxylic acids is 2. The van der Waals surface area contributed by atoms with Crippen LogP contribution in [0.25, 0.3) is 0 Å². The molecule has 0 aliphatic carbocycles. The lowest BCUT2D eigenvalue weighted by Gasteiger charge is -2.21. The minimum absolute atomic E-state index is 0.0558. The Bertz CT molecular complexity index is 770. The van der Waals surface area contributed by atoms with E-state index < -0.39 is 0 Å². The molecular weight excluding hydrogens is 343 g/mol. The molecule has 0 radical (unpaired) electrons. The number of nitrogens with zero attached hydrogens (tertiary/aromatic N) is 1. The summed E-state index contributed by atoms with van der Waals surface area (Å²) in [6, 6.07) is 13.3. The molecule has 1 N–H and O–H groups in total. The third-order valence-electron chi connectivity index (χ3n) is 4.28. The number of carbonyl (C=O) groups is 2. The first-order valence-electron chi connectivity index (χ1n) is 9.47. The van der Waals surface area contributed by atoms with Gasteiger partial charge in [-0.1, -0.05) is 38.1 Å². The van der Waals surface area contributed by atoms with Gasteiger partial charge < -0.3 is 10.2 Å². The number of halogens is 1. The van der Waals surface area contributed by atoms with Crippen molar-refractivity contribution in [2.45, 2.75) is 33.1 Å². The molecule has 0 aliphatic heterocycles. The van der Waals surface area contributed by atoms with Crippen LogP contribution in [0.4, 0.5) is 4.39 Å². The fraction of sp³-hybridized carbons (Fsp3) is 0.364. The van der Waals surface area contributed by atoms with Gasteiger partial charge in [0.1, 0.15) is 5.82 Å². The Kier molecular flexibility index (Phi) is 7.99. The van der Waals surface area contributed by atoms with Gasteiger partial charge in [0, 0.05) is 30.8 Å². The zero-order chi connectivity index (χ0) is 19.6. The summed E-state index contributed by atoms with van der Waals surface area (Å²) in [6.45, 7) is 5.80. The molecule has 144 valence electrons. The molecule has 0 spiro atoms. The van der Waals surface area contributed by atoms with Gasteiger partial charge in [0.25, 0.3) is 11.8 Å². The average molecular weight is 370 g/mol. The maximum atomic E-state index is 13.6. The molecule has 0 saturated carbocycles. The van der Waals surface area contributed by atoms with Crippen molar-refractivity contribution in [3.63, 3.8) is 0 Å². The van der Waals surface area contributed by atoms with E-state index in [1.54, 1.807) is 42.5 Å². The molecule has 2 rings (SSSR count). The molecule has 0 unspecified atom stereocenters. The van der Waals surface area contributed by atoms with Crippen LogP contribution in [0, 0.1) is 5.82 Å². The minimum Gasteiger partial charge on any atom is -0.352 e. The predicted octanol–water partition coefficient (Wildman–Crippen LogP) is 4.06. The Morgan fingerprint density at radius 3 is 2.30 bits per heavy atom. The monoisotopic (exact) mass is 370 g/mol. The second-order valence-electron chi connectivity index (χ2n) is 6.47. The van der Waals surface area contributed by atoms with Crippen molar-refractivity contribution in [2.24, 2.45) is 0 Å². The fourth-order valence-electron chi connectivity index (χ4n) is 2.94. The molecule has 5 heteroatoms. The normalized spacial score (nSPS) is 10.5. The highest BCUT2D eigenvalue weighted by molar-refractivity contribution is 5.99. The number of benzene rings is 2. The van der Waals surface area contributed by atoms with E-state index in [1.807, 2.05) is 18.7 Å². The van der Waals surface area contributed by atoms with Crippen molar-refractivity contribution < 1.29 is 14.0 Å². The van der Waals surface area contributed by atoms with Crippen molar-refractivity contribution in [2.75, 3.05) is 19.6 Å². The van der Waals surface area contributed by atoms with Gasteiger partial charge in [0.2, 0.25) is 0 Å². The second kappa shape index (κ2) is 10.5. The molecule has 2 aromatic rings. The highest BCUT2D eigenvalue weighted by Crippen LogP contribution is 2.11. The van der Waals surface area contributed by atoms with Crippen LogP contribution in [-0.2, 0) is 6.42 Å². The molecule has 2 aromatic carbocycles. The first kappa shape index (κ1) is 20.6. The van der Waals surface area contributed by atoms with Gasteiger partial charge in [-0.05, 0) is 49.1 Å². The van der Waals surface area contributed by atoms with Crippen molar-refractivity contribution >= 4 is 11.8 Å². The highest BCUT2D eigenvalue weighted by atomic mass is 19.1. The smallest absolute Gasteiger partial charge is 0.253 e. The van der Waals surface area contributed by atoms with E-state index in [9.17, 15) is 14.0 Å². The lowest BCUT2D eigenvalue weighted by Crippen LogP contribution is -2.33. The van der Waals surface area contributed by atoms with Gasteiger partial charge in [-0.2, -0.15) is 0 Å². The topological polar surface area (TPSA) is 49.4 Å². The van der Waals surface area contributed by atoms with Crippen LogP contribution in [0.15, 0.2) is 48.5 Å². The summed E-state index contributed by atoms with van der Waals surface area (Å²) in [6.07, 6.45) is 2.20. The Hall–Kier alpha value is -2.69. The van der Waals surface area contributed by atoms with Gasteiger partial charge in [-0.25, -0.2) is 4.39 Å². The van der Waals surface area contributed by atoms with Gasteiger partial charge in [0.15, 0.2) is 0 Å². The summed E-state index contributed by atoms with van der Waals surface area (Å²) in [5, 5.41) is 2.79. The summed E-state index contributed by atoms with van der Waals surface area (Å²) >= 11 is 0. The molecule has 0 atom stereocenters. The van der Waals surface area contributed by atoms with Crippen LogP contribution in [-0.4, -0.2) is 36.3 Å². The van der Waals surface area contributed by atoms with E-state index in [2.05, 4.69) is 5.32 Å². The van der Waals surface area contributed by atoms with Gasteiger partial charge in [-0.3, -0.25) is 9.59 Å². The van der Waals surface area contributed by atoms with Gasteiger partial charge in [-0.15, -0.1) is 0 Å². The van der Waals surface area contributed by atoms with Crippen molar-refractivity contribution in [1.29, 1.82) is 0 Å². The number of hydrogen-bond donors (Lipinski definition) is 1. The summed E-state index contributed by atoms with van der Waals surface area (Å²) < 4.78 is 13.6. The lowest BCUT2D eigenvalue weighted by molar-refractivity contribution is 0.0755. The van der Waals surface area contributed by atoms with Crippen LogP contribution < -0.4 is 5.32 Å². The standard InChI is InChI=1S/C22H27FN2O2/c1-3-14-25(15-4-2)22(27)19-10-7-9-18(16-19)21(26)24-13-12-17-8-5-6-11-20(17)23/h5-11,16H,3-4,12-15H2,1-2H3,(H,24,26). The number of hydrogen-bond acceptors (Lipinski definition) is 2. The molecule has 0 bridgehead atoms. The molecule has 0 aliphatic rings. The van der Waals surface area contributed by atoms with Crippen LogP contribution in [0.5, 0.6) is 0 Å². The van der Waals surface area contributed by atoms with E-state index in [1.165, 1.54) is 6.07 Å². The Morgan fingerprint density at radius 2 is 1.63 bits per heavy atom. The Morgan fingerprint density at radius 1 is 0.963 bits per heavy atom. The number of amides is 2. The van der Waals surface area contributed by atoms with E-state index >= 15 is 0 Å². The van der Waals surface area contributed by atoms with Gasteiger partial charge >= 0.3 is 0 Å². The second-order valence-corrected chi connectivity index (χ2v) is 6.47. The summed E-state index contributed by atoms with van der Waals surface area (Å²) in [5.41, 5.74) is 1.51. The maximum Gasteiger partial charge on any atom is 0.253 e. The van der Waals surface area contributed by atoms with E-state index in [4.69, 9.17) is 0 Å². The third kappa shape index (κ3) is 5.91. The highest BCUT2D eigenvalue weighted by Gasteiger charge is 2.16. The van der Waals surface area contributed by atoms with E-state index in [0.717, 1.165) is 12.8 Å². The van der Waals surface area contributed by atoms with Crippen LogP contribution in [0.2, 0.25) is 0 Å². The molecule has 27 heavy (non-hydrogen) atoms. The summed E-state index contributed by atoms with van der Waals surface area (Å²) in [7, 11) is 0. The number of nitrogens with one attached hydrogen (secondary N) is 1. The molecule has 0 fully saturated rings. The van der Waals surface area contributed by atoms with Crippen molar-refractivity contribution in [3.05, 3.63) is 71.0 Å². The Labute approximate surface area is 160 Å². The number of rotatable bonds is 9. The van der Waals surface area contributed by atoms with Gasteiger partial charge in [0.05, 0.1) is 0 Å². The lowest BCUT2D eigenvalue weighted by atomic mass is 10.1. The van der Waals surface area contributed by atoms with Crippen molar-refractivity contribution in [1.82, 2.24) is 10.2 Å². The van der Waals surface area contributed by atoms with Crippen LogP contribution >= 0.6 is 0 Å². The molecule has 4 nitrogen and oxygen atoms in total. The largest absolute Gasteiger partial charge is 0.352 e. The summed E-state index contributed by atoms with van der Waals surface area (Å²) in [4.78, 5) is 26.9. The average Bonchev–Trinajstić information content (AvgIpc) is 2.68. The quantitative estimate of drug-likeness (QED) is 0.724. The summed E-state index contributed by atoms with van der Waals surface area (Å²) in [5.74, 6) is -0.593. The predicted molar refractivity (Wildman–Crippen MR) is 105 cm³/mol. The first-order chi connectivity index (χ1) is 13.1. The van der Waals surface area contributed by atoms with E-state index in [0.29, 0.717) is 42.7 Å². The molecule has 0 saturated heterocycles. The maximum absolute atomic E-state index is 13.6. The Balaban J connectivity index is 2.00. The molecule has 0 aromatic heterocycles. The molecule has 0 heterocycles. The van der Waals surface area contributed by atoms with E-state index in [-0.39, 0.29) is 17.6 Å². The third-order valence-corrected chi connectivity index (χ3v) is 4.28. The SMILES string of the molecule is CCCN(CCC)C(=O)c1cccc(C(=O)NCCc2ccccc2F)c1. The zero-order valence-corrected chi connectivity index (χ0v) is 16.0. The minimum atomic E-state index is -0.272. The molecule has 2 amide bonds. The first-order valence-corrected chi connectivity index (χ1v) is 9.47. The molecular formula is C22H27FN2O2.